The maximum atomic E-state index is 2.46. The van der Waals surface area contributed by atoms with E-state index in [4.69, 9.17) is 0 Å². The third-order valence-electron chi connectivity index (χ3n) is 9.77. The van der Waals surface area contributed by atoms with Gasteiger partial charge in [-0.15, -0.1) is 11.3 Å². The molecule has 230 valence electrons. The Bertz CT molecular complexity index is 2840. The van der Waals surface area contributed by atoms with Crippen LogP contribution in [0, 0.1) is 0 Å². The molecule has 0 fully saturated rings. The molecule has 0 atom stereocenters. The van der Waals surface area contributed by atoms with Crippen LogP contribution in [0.5, 0.6) is 0 Å². The molecule has 0 saturated heterocycles. The molecule has 3 heteroatoms. The average Bonchev–Trinajstić information content (AvgIpc) is 3.71. The van der Waals surface area contributed by atoms with Crippen molar-refractivity contribution in [3.63, 3.8) is 0 Å². The van der Waals surface area contributed by atoms with Crippen molar-refractivity contribution in [2.24, 2.45) is 0 Å². The van der Waals surface area contributed by atoms with Crippen molar-refractivity contribution in [2.45, 2.75) is 0 Å². The molecule has 0 bridgehead atoms. The van der Waals surface area contributed by atoms with Crippen molar-refractivity contribution in [1.29, 1.82) is 0 Å². The van der Waals surface area contributed by atoms with Gasteiger partial charge in [0.1, 0.15) is 0 Å². The number of benzene rings is 8. The van der Waals surface area contributed by atoms with Crippen molar-refractivity contribution < 1.29 is 0 Å². The number of rotatable bonds is 5. The molecule has 0 aliphatic rings. The fourth-order valence-corrected chi connectivity index (χ4v) is 8.66. The molecule has 10 aromatic rings. The van der Waals surface area contributed by atoms with E-state index in [-0.39, 0.29) is 0 Å². The molecule has 0 aliphatic carbocycles. The Labute approximate surface area is 288 Å². The minimum atomic E-state index is 1.12. The van der Waals surface area contributed by atoms with Crippen LogP contribution in [0.4, 0.5) is 17.1 Å². The van der Waals surface area contributed by atoms with Crippen molar-refractivity contribution in [1.82, 2.24) is 4.57 Å². The molecule has 2 nitrogen and oxygen atoms in total. The van der Waals surface area contributed by atoms with Crippen molar-refractivity contribution >= 4 is 81.1 Å². The van der Waals surface area contributed by atoms with E-state index in [0.717, 1.165) is 22.7 Å². The molecule has 0 N–H and O–H groups in total. The summed E-state index contributed by atoms with van der Waals surface area (Å²) < 4.78 is 5.02. The van der Waals surface area contributed by atoms with E-state index in [0.29, 0.717) is 0 Å². The predicted octanol–water partition coefficient (Wildman–Crippen LogP) is 13.4. The molecule has 2 heterocycles. The summed E-state index contributed by atoms with van der Waals surface area (Å²) in [6.45, 7) is 0. The molecule has 0 saturated carbocycles. The number of thiophene rings is 1. The number of nitrogens with zero attached hydrogens (tertiary/aromatic N) is 2. The van der Waals surface area contributed by atoms with Crippen LogP contribution in [0.3, 0.4) is 0 Å². The molecule has 0 amide bonds. The fraction of sp³-hybridized carbons (Fsp3) is 0. The Hall–Kier alpha value is -6.16. The lowest BCUT2D eigenvalue weighted by Crippen LogP contribution is -2.11. The van der Waals surface area contributed by atoms with Crippen LogP contribution in [0.25, 0.3) is 69.6 Å². The van der Waals surface area contributed by atoms with Gasteiger partial charge in [0.2, 0.25) is 0 Å². The third-order valence-corrected chi connectivity index (χ3v) is 10.9. The highest BCUT2D eigenvalue weighted by molar-refractivity contribution is 7.25. The second kappa shape index (κ2) is 11.2. The van der Waals surface area contributed by atoms with E-state index in [9.17, 15) is 0 Å². The Kier molecular flexibility index (Phi) is 6.39. The first-order chi connectivity index (χ1) is 24.3. The first-order valence-corrected chi connectivity index (χ1v) is 17.5. The highest BCUT2D eigenvalue weighted by Crippen LogP contribution is 2.46. The number of hydrogen-bond donors (Lipinski definition) is 0. The minimum Gasteiger partial charge on any atom is -0.309 e. The number of hydrogen-bond acceptors (Lipinski definition) is 2. The number of para-hydroxylation sites is 3. The average molecular weight is 643 g/mol. The molecule has 49 heavy (non-hydrogen) atoms. The van der Waals surface area contributed by atoms with Crippen LogP contribution >= 0.6 is 11.3 Å². The zero-order valence-corrected chi connectivity index (χ0v) is 27.4. The van der Waals surface area contributed by atoms with Crippen LogP contribution < -0.4 is 4.90 Å². The molecule has 0 unspecified atom stereocenters. The highest BCUT2D eigenvalue weighted by atomic mass is 32.1. The number of fused-ring (bicyclic) bond motifs is 7. The van der Waals surface area contributed by atoms with E-state index in [1.54, 1.807) is 0 Å². The highest BCUT2D eigenvalue weighted by Gasteiger charge is 2.21. The number of anilines is 3. The van der Waals surface area contributed by atoms with Crippen LogP contribution in [0.15, 0.2) is 182 Å². The molecule has 0 aliphatic heterocycles. The van der Waals surface area contributed by atoms with Gasteiger partial charge in [0, 0.05) is 53.3 Å². The van der Waals surface area contributed by atoms with Crippen LogP contribution in [-0.4, -0.2) is 4.57 Å². The van der Waals surface area contributed by atoms with Crippen LogP contribution in [-0.2, 0) is 0 Å². The first kappa shape index (κ1) is 27.9. The zero-order chi connectivity index (χ0) is 32.3. The number of aromatic nitrogens is 1. The third kappa shape index (κ3) is 4.47. The lowest BCUT2D eigenvalue weighted by Gasteiger charge is -2.29. The molecule has 2 aromatic heterocycles. The summed E-state index contributed by atoms with van der Waals surface area (Å²) in [5.74, 6) is 0. The molecule has 0 radical (unpaired) electrons. The second-order valence-corrected chi connectivity index (χ2v) is 13.6. The molecular formula is C46H30N2S. The summed E-state index contributed by atoms with van der Waals surface area (Å²) >= 11 is 1.86. The van der Waals surface area contributed by atoms with E-state index in [1.165, 1.54) is 63.9 Å². The van der Waals surface area contributed by atoms with Gasteiger partial charge < -0.3 is 9.47 Å². The van der Waals surface area contributed by atoms with Gasteiger partial charge in [-0.2, -0.15) is 0 Å². The van der Waals surface area contributed by atoms with E-state index < -0.39 is 0 Å². The minimum absolute atomic E-state index is 1.12. The summed E-state index contributed by atoms with van der Waals surface area (Å²) in [6, 6.07) is 66.3. The molecule has 8 aromatic carbocycles. The Morgan fingerprint density at radius 2 is 1.08 bits per heavy atom. The van der Waals surface area contributed by atoms with Gasteiger partial charge in [0.25, 0.3) is 0 Å². The smallest absolute Gasteiger partial charge is 0.0542 e. The van der Waals surface area contributed by atoms with E-state index >= 15 is 0 Å². The summed E-state index contributed by atoms with van der Waals surface area (Å²) in [5.41, 5.74) is 9.37. The SMILES string of the molecule is c1ccc(-n2c3ccccc3c3cc(N(c4ccccc4-c4ccc5sc6ccccc6c5c4)c4cccc5ccccc45)ccc32)cc1. The van der Waals surface area contributed by atoms with Crippen molar-refractivity contribution in [3.8, 4) is 16.8 Å². The predicted molar refractivity (Wildman–Crippen MR) is 211 cm³/mol. The maximum Gasteiger partial charge on any atom is 0.0542 e. The van der Waals surface area contributed by atoms with Crippen molar-refractivity contribution in [2.75, 3.05) is 4.90 Å². The first-order valence-electron chi connectivity index (χ1n) is 16.7. The van der Waals surface area contributed by atoms with Crippen LogP contribution in [0.1, 0.15) is 0 Å². The van der Waals surface area contributed by atoms with E-state index in [2.05, 4.69) is 191 Å². The quantitative estimate of drug-likeness (QED) is 0.181. The van der Waals surface area contributed by atoms with Gasteiger partial charge in [-0.3, -0.25) is 0 Å². The summed E-state index contributed by atoms with van der Waals surface area (Å²) in [5, 5.41) is 7.52. The second-order valence-electron chi connectivity index (χ2n) is 12.5. The molecule has 0 spiro atoms. The summed E-state index contributed by atoms with van der Waals surface area (Å²) in [7, 11) is 0. The summed E-state index contributed by atoms with van der Waals surface area (Å²) in [6.07, 6.45) is 0. The van der Waals surface area contributed by atoms with Gasteiger partial charge >= 0.3 is 0 Å². The van der Waals surface area contributed by atoms with Gasteiger partial charge in [-0.25, -0.2) is 0 Å². The zero-order valence-electron chi connectivity index (χ0n) is 26.6. The molecule has 10 rings (SSSR count). The Morgan fingerprint density at radius 1 is 0.408 bits per heavy atom. The summed E-state index contributed by atoms with van der Waals surface area (Å²) in [4.78, 5) is 2.46. The monoisotopic (exact) mass is 642 g/mol. The molecular weight excluding hydrogens is 613 g/mol. The topological polar surface area (TPSA) is 8.17 Å². The van der Waals surface area contributed by atoms with Crippen molar-refractivity contribution in [3.05, 3.63) is 182 Å². The Morgan fingerprint density at radius 3 is 2.00 bits per heavy atom. The van der Waals surface area contributed by atoms with Crippen LogP contribution in [0.2, 0.25) is 0 Å². The van der Waals surface area contributed by atoms with Gasteiger partial charge in [0.05, 0.1) is 22.4 Å². The largest absolute Gasteiger partial charge is 0.309 e. The standard InChI is InChI=1S/C46H30N2S/c1-2-15-33(16-3-1)47-43-22-10-7-19-37(43)39-30-34(26-27-44(39)47)48(42-23-12-14-31-13-4-5-17-35(31)42)41-21-9-6-18-36(41)32-25-28-46-40(29-32)38-20-8-11-24-45(38)49-46/h1-30H. The van der Waals surface area contributed by atoms with Gasteiger partial charge in [-0.1, -0.05) is 115 Å². The normalized spacial score (nSPS) is 11.7. The fourth-order valence-electron chi connectivity index (χ4n) is 7.57. The van der Waals surface area contributed by atoms with E-state index in [1.807, 2.05) is 11.3 Å². The lowest BCUT2D eigenvalue weighted by molar-refractivity contribution is 1.18. The maximum absolute atomic E-state index is 2.46. The van der Waals surface area contributed by atoms with Gasteiger partial charge in [0.15, 0.2) is 0 Å². The van der Waals surface area contributed by atoms with Gasteiger partial charge in [-0.05, 0) is 77.7 Å². The lowest BCUT2D eigenvalue weighted by atomic mass is 9.98. The Balaban J connectivity index is 1.24.